The molecule has 0 aliphatic heterocycles. The lowest BCUT2D eigenvalue weighted by molar-refractivity contribution is -0.144. The van der Waals surface area contributed by atoms with Crippen LogP contribution in [0.2, 0.25) is 0 Å². The third-order valence-corrected chi connectivity index (χ3v) is 9.99. The normalized spacial score (nSPS) is 42.1. The van der Waals surface area contributed by atoms with E-state index in [-0.39, 0.29) is 34.4 Å². The summed E-state index contributed by atoms with van der Waals surface area (Å²) in [5.41, 5.74) is 1.44. The van der Waals surface area contributed by atoms with Crippen LogP contribution in [0.25, 0.3) is 0 Å². The van der Waals surface area contributed by atoms with E-state index in [0.29, 0.717) is 23.5 Å². The monoisotopic (exact) mass is 446 g/mol. The van der Waals surface area contributed by atoms with Crippen LogP contribution < -0.4 is 0 Å². The Labute approximate surface area is 197 Å². The number of fused-ring (bicyclic) bond motifs is 5. The molecule has 0 aromatic carbocycles. The maximum absolute atomic E-state index is 13.6. The third-order valence-electron chi connectivity index (χ3n) is 9.99. The fourth-order valence-electron chi connectivity index (χ4n) is 8.04. The molecule has 0 aromatic heterocycles. The van der Waals surface area contributed by atoms with Crippen molar-refractivity contribution in [1.29, 1.82) is 0 Å². The van der Waals surface area contributed by atoms with Gasteiger partial charge in [-0.1, -0.05) is 66.5 Å². The fourth-order valence-corrected chi connectivity index (χ4v) is 8.04. The van der Waals surface area contributed by atoms with Gasteiger partial charge in [0.05, 0.1) is 12.2 Å². The van der Waals surface area contributed by atoms with E-state index in [0.717, 1.165) is 51.4 Å². The number of carbonyl (C=O) groups excluding carboxylic acids is 1. The first-order valence-electron chi connectivity index (χ1n) is 13.5. The van der Waals surface area contributed by atoms with Crippen LogP contribution in [0.15, 0.2) is 11.6 Å². The number of aliphatic hydroxyl groups is 2. The van der Waals surface area contributed by atoms with E-state index in [1.807, 2.05) is 13.8 Å². The van der Waals surface area contributed by atoms with Gasteiger partial charge in [0.25, 0.3) is 0 Å². The molecule has 4 rings (SSSR count). The average Bonchev–Trinajstić information content (AvgIpc) is 3.04. The highest BCUT2D eigenvalue weighted by Gasteiger charge is 2.61. The largest absolute Gasteiger partial charge is 0.393 e. The van der Waals surface area contributed by atoms with Crippen LogP contribution in [0.5, 0.6) is 0 Å². The molecular formula is C29H50O3. The zero-order valence-corrected chi connectivity index (χ0v) is 21.9. The van der Waals surface area contributed by atoms with Gasteiger partial charge in [-0.25, -0.2) is 0 Å². The van der Waals surface area contributed by atoms with Crippen molar-refractivity contribution >= 4 is 5.78 Å². The molecule has 8 atom stereocenters. The second kappa shape index (κ2) is 9.53. The summed E-state index contributed by atoms with van der Waals surface area (Å²) in [4.78, 5) is 13.6. The summed E-state index contributed by atoms with van der Waals surface area (Å²) in [6, 6.07) is 0. The quantitative estimate of drug-likeness (QED) is 0.472. The molecule has 0 amide bonds. The van der Waals surface area contributed by atoms with Crippen molar-refractivity contribution in [3.05, 3.63) is 11.6 Å². The fraction of sp³-hybridized carbons (Fsp3) is 0.897. The van der Waals surface area contributed by atoms with Crippen LogP contribution in [0.1, 0.15) is 113 Å². The highest BCUT2D eigenvalue weighted by Crippen LogP contribution is 2.65. The number of hydrogen-bond acceptors (Lipinski definition) is 3. The molecule has 4 aliphatic rings. The van der Waals surface area contributed by atoms with Gasteiger partial charge in [-0.2, -0.15) is 0 Å². The van der Waals surface area contributed by atoms with Gasteiger partial charge in [0.15, 0.2) is 0 Å². The van der Waals surface area contributed by atoms with E-state index < -0.39 is 0 Å². The minimum Gasteiger partial charge on any atom is -0.393 e. The Morgan fingerprint density at radius 1 is 1.16 bits per heavy atom. The SMILES string of the molecule is CC.CC(C)(C)C(O)CCC[C@H]1CCC2C3CC=C4CC(O)CCC4(C)C3C(=O)CC21C. The number of Topliss-reactive ketones (excluding diaryl/α,β-unsaturated/α-hetero) is 1. The maximum Gasteiger partial charge on any atom is 0.137 e. The molecule has 184 valence electrons. The zero-order valence-electron chi connectivity index (χ0n) is 21.9. The van der Waals surface area contributed by atoms with E-state index in [2.05, 4.69) is 40.7 Å². The summed E-state index contributed by atoms with van der Waals surface area (Å²) in [7, 11) is 0. The molecule has 0 spiro atoms. The van der Waals surface area contributed by atoms with Gasteiger partial charge < -0.3 is 10.2 Å². The molecule has 0 bridgehead atoms. The van der Waals surface area contributed by atoms with Crippen molar-refractivity contribution in [1.82, 2.24) is 0 Å². The molecule has 2 N–H and O–H groups in total. The molecule has 3 saturated carbocycles. The first-order chi connectivity index (χ1) is 15.0. The second-order valence-corrected chi connectivity index (χ2v) is 12.8. The smallest absolute Gasteiger partial charge is 0.137 e. The van der Waals surface area contributed by atoms with Crippen LogP contribution in [0.4, 0.5) is 0 Å². The van der Waals surface area contributed by atoms with E-state index in [4.69, 9.17) is 0 Å². The first-order valence-corrected chi connectivity index (χ1v) is 13.5. The van der Waals surface area contributed by atoms with Crippen LogP contribution in [0.3, 0.4) is 0 Å². The molecule has 7 unspecified atom stereocenters. The molecule has 4 aliphatic carbocycles. The van der Waals surface area contributed by atoms with Gasteiger partial charge >= 0.3 is 0 Å². The Morgan fingerprint density at radius 2 is 1.84 bits per heavy atom. The third kappa shape index (κ3) is 4.50. The Hall–Kier alpha value is -0.670. The molecule has 0 saturated heterocycles. The number of hydrogen-bond donors (Lipinski definition) is 2. The predicted molar refractivity (Wildman–Crippen MR) is 132 cm³/mol. The van der Waals surface area contributed by atoms with Crippen molar-refractivity contribution in [3.8, 4) is 0 Å². The van der Waals surface area contributed by atoms with Crippen molar-refractivity contribution in [2.45, 2.75) is 125 Å². The molecule has 32 heavy (non-hydrogen) atoms. The predicted octanol–water partition coefficient (Wildman–Crippen LogP) is 6.71. The minimum absolute atomic E-state index is 0.0184. The van der Waals surface area contributed by atoms with Gasteiger partial charge in [0.2, 0.25) is 0 Å². The Kier molecular flexibility index (Phi) is 7.72. The number of ketones is 1. The molecule has 0 radical (unpaired) electrons. The lowest BCUT2D eigenvalue weighted by atomic mass is 9.47. The Bertz CT molecular complexity index is 704. The van der Waals surface area contributed by atoms with Crippen LogP contribution >= 0.6 is 0 Å². The standard InChI is InChI=1S/C27H44O3.C2H6/c1-25(2,3)23(30)8-6-7-17-10-12-21-20-11-9-18-15-19(28)13-14-26(18,4)24(20)22(29)16-27(17,21)5;1-2/h9,17,19-21,23-24,28,30H,6-8,10-16H2,1-5H3;1-2H3/t17-,19?,20?,21?,23?,24?,26?,27?;/m0./s1. The number of rotatable bonds is 4. The lowest BCUT2D eigenvalue weighted by Gasteiger charge is -2.57. The van der Waals surface area contributed by atoms with Crippen molar-refractivity contribution in [3.63, 3.8) is 0 Å². The number of aliphatic hydroxyl groups excluding tert-OH is 2. The highest BCUT2D eigenvalue weighted by atomic mass is 16.3. The summed E-state index contributed by atoms with van der Waals surface area (Å²) in [6.07, 6.45) is 11.9. The van der Waals surface area contributed by atoms with Crippen LogP contribution in [-0.4, -0.2) is 28.2 Å². The number of carbonyl (C=O) groups is 1. The van der Waals surface area contributed by atoms with Crippen molar-refractivity contribution < 1.29 is 15.0 Å². The summed E-state index contributed by atoms with van der Waals surface area (Å²) in [5, 5.41) is 20.6. The van der Waals surface area contributed by atoms with Crippen LogP contribution in [0, 0.1) is 39.9 Å². The van der Waals surface area contributed by atoms with E-state index in [1.165, 1.54) is 18.4 Å². The van der Waals surface area contributed by atoms with Crippen molar-refractivity contribution in [2.24, 2.45) is 39.9 Å². The summed E-state index contributed by atoms with van der Waals surface area (Å²) >= 11 is 0. The average molecular weight is 447 g/mol. The minimum atomic E-state index is -0.247. The Balaban J connectivity index is 0.00000141. The summed E-state index contributed by atoms with van der Waals surface area (Å²) < 4.78 is 0. The van der Waals surface area contributed by atoms with Crippen molar-refractivity contribution in [2.75, 3.05) is 0 Å². The molecule has 3 fully saturated rings. The molecular weight excluding hydrogens is 396 g/mol. The zero-order chi connectivity index (χ0) is 23.9. The van der Waals surface area contributed by atoms with Gasteiger partial charge in [-0.15, -0.1) is 0 Å². The first kappa shape index (κ1) is 25.9. The number of allylic oxidation sites excluding steroid dienone is 1. The molecule has 0 heterocycles. The molecule has 3 heteroatoms. The van der Waals surface area contributed by atoms with Gasteiger partial charge in [-0.3, -0.25) is 4.79 Å². The van der Waals surface area contributed by atoms with Gasteiger partial charge in [0, 0.05) is 12.3 Å². The Morgan fingerprint density at radius 3 is 2.50 bits per heavy atom. The molecule has 3 nitrogen and oxygen atoms in total. The second-order valence-electron chi connectivity index (χ2n) is 12.8. The summed E-state index contributed by atoms with van der Waals surface area (Å²) in [5.74, 6) is 2.44. The van der Waals surface area contributed by atoms with E-state index >= 15 is 0 Å². The highest BCUT2D eigenvalue weighted by molar-refractivity contribution is 5.85. The maximum atomic E-state index is 13.6. The molecule has 0 aromatic rings. The lowest BCUT2D eigenvalue weighted by Crippen LogP contribution is -2.54. The summed E-state index contributed by atoms with van der Waals surface area (Å²) in [6.45, 7) is 15.1. The van der Waals surface area contributed by atoms with Gasteiger partial charge in [-0.05, 0) is 85.4 Å². The van der Waals surface area contributed by atoms with E-state index in [1.54, 1.807) is 0 Å². The topological polar surface area (TPSA) is 57.5 Å². The van der Waals surface area contributed by atoms with E-state index in [9.17, 15) is 15.0 Å². The van der Waals surface area contributed by atoms with Gasteiger partial charge in [0.1, 0.15) is 5.78 Å². The van der Waals surface area contributed by atoms with Crippen LogP contribution in [-0.2, 0) is 4.79 Å².